The molecule has 0 saturated heterocycles. The Kier molecular flexibility index (Phi) is 4.39. The molecule has 1 amide bonds. The number of nitrogen functional groups attached to an aromatic ring is 1. The van der Waals surface area contributed by atoms with E-state index in [1.54, 1.807) is 18.2 Å². The van der Waals surface area contributed by atoms with Gasteiger partial charge < -0.3 is 11.1 Å². The summed E-state index contributed by atoms with van der Waals surface area (Å²) in [6.07, 6.45) is 5.98. The number of carbonyl (C=O) groups excluding carboxylic acids is 1. The fourth-order valence-corrected chi connectivity index (χ4v) is 1.55. The summed E-state index contributed by atoms with van der Waals surface area (Å²) >= 11 is 3.27. The normalized spacial score (nSPS) is 11.6. The number of anilines is 1. The molecular formula is C12H13BrN2O. The van der Waals surface area contributed by atoms with Crippen LogP contribution in [0.25, 0.3) is 0 Å². The van der Waals surface area contributed by atoms with E-state index >= 15 is 0 Å². The third kappa shape index (κ3) is 3.01. The Morgan fingerprint density at radius 1 is 1.69 bits per heavy atom. The number of halogens is 1. The Morgan fingerprint density at radius 3 is 2.88 bits per heavy atom. The molecule has 1 aromatic carbocycles. The summed E-state index contributed by atoms with van der Waals surface area (Å²) in [6, 6.07) is 4.78. The quantitative estimate of drug-likeness (QED) is 0.659. The number of terminal acetylenes is 1. The second-order valence-electron chi connectivity index (χ2n) is 3.34. The van der Waals surface area contributed by atoms with Gasteiger partial charge in [0, 0.05) is 15.7 Å². The van der Waals surface area contributed by atoms with Gasteiger partial charge in [0.1, 0.15) is 0 Å². The molecule has 0 aliphatic rings. The summed E-state index contributed by atoms with van der Waals surface area (Å²) in [5.41, 5.74) is 6.77. The van der Waals surface area contributed by atoms with Crippen molar-refractivity contribution in [1.29, 1.82) is 0 Å². The maximum absolute atomic E-state index is 11.8. The van der Waals surface area contributed by atoms with Crippen molar-refractivity contribution < 1.29 is 4.79 Å². The van der Waals surface area contributed by atoms with Crippen LogP contribution in [0.2, 0.25) is 0 Å². The molecule has 0 aliphatic heterocycles. The first-order valence-electron chi connectivity index (χ1n) is 4.90. The van der Waals surface area contributed by atoms with E-state index in [4.69, 9.17) is 12.2 Å². The summed E-state index contributed by atoms with van der Waals surface area (Å²) < 4.78 is 0.703. The molecule has 1 aromatic rings. The number of carbonyl (C=O) groups is 1. The number of nitrogens with one attached hydrogen (secondary N) is 1. The standard InChI is InChI=1S/C12H13BrN2O/c1-3-9(4-2)15-12(16)8-5-6-11(14)10(13)7-8/h1,5-7,9H,4,14H2,2H3,(H,15,16). The van der Waals surface area contributed by atoms with Crippen LogP contribution in [0, 0.1) is 12.3 Å². The van der Waals surface area contributed by atoms with Crippen LogP contribution < -0.4 is 11.1 Å². The zero-order valence-electron chi connectivity index (χ0n) is 8.96. The zero-order chi connectivity index (χ0) is 12.1. The molecule has 0 spiro atoms. The number of hydrogen-bond donors (Lipinski definition) is 2. The molecule has 3 nitrogen and oxygen atoms in total. The molecule has 4 heteroatoms. The van der Waals surface area contributed by atoms with Gasteiger partial charge in [-0.1, -0.05) is 12.8 Å². The lowest BCUT2D eigenvalue weighted by Gasteiger charge is -2.11. The molecule has 0 saturated carbocycles. The van der Waals surface area contributed by atoms with Crippen molar-refractivity contribution >= 4 is 27.5 Å². The summed E-state index contributed by atoms with van der Waals surface area (Å²) in [6.45, 7) is 1.92. The van der Waals surface area contributed by atoms with Gasteiger partial charge in [0.15, 0.2) is 0 Å². The fourth-order valence-electron chi connectivity index (χ4n) is 1.17. The van der Waals surface area contributed by atoms with E-state index in [-0.39, 0.29) is 11.9 Å². The third-order valence-corrected chi connectivity index (χ3v) is 2.86. The molecule has 1 unspecified atom stereocenters. The summed E-state index contributed by atoms with van der Waals surface area (Å²) in [5.74, 6) is 2.32. The predicted molar refractivity (Wildman–Crippen MR) is 68.9 cm³/mol. The van der Waals surface area contributed by atoms with Gasteiger partial charge in [0.2, 0.25) is 0 Å². The molecule has 0 bridgehead atoms. The van der Waals surface area contributed by atoms with Crippen molar-refractivity contribution in [3.8, 4) is 12.3 Å². The van der Waals surface area contributed by atoms with Gasteiger partial charge in [0.05, 0.1) is 6.04 Å². The molecule has 0 fully saturated rings. The highest BCUT2D eigenvalue weighted by Crippen LogP contribution is 2.20. The Labute approximate surface area is 104 Å². The van der Waals surface area contributed by atoms with Crippen LogP contribution in [0.5, 0.6) is 0 Å². The number of nitrogens with two attached hydrogens (primary N) is 1. The number of amides is 1. The lowest BCUT2D eigenvalue weighted by molar-refractivity contribution is 0.0945. The van der Waals surface area contributed by atoms with Gasteiger partial charge >= 0.3 is 0 Å². The highest BCUT2D eigenvalue weighted by atomic mass is 79.9. The number of rotatable bonds is 3. The molecule has 0 heterocycles. The van der Waals surface area contributed by atoms with E-state index in [9.17, 15) is 4.79 Å². The first kappa shape index (κ1) is 12.6. The molecule has 1 atom stereocenters. The van der Waals surface area contributed by atoms with Crippen LogP contribution in [0.15, 0.2) is 22.7 Å². The van der Waals surface area contributed by atoms with E-state index < -0.39 is 0 Å². The molecule has 0 aromatic heterocycles. The Hall–Kier alpha value is -1.47. The second-order valence-corrected chi connectivity index (χ2v) is 4.19. The van der Waals surface area contributed by atoms with E-state index in [0.29, 0.717) is 22.1 Å². The second kappa shape index (κ2) is 5.57. The highest BCUT2D eigenvalue weighted by molar-refractivity contribution is 9.10. The van der Waals surface area contributed by atoms with E-state index in [1.165, 1.54) is 0 Å². The lowest BCUT2D eigenvalue weighted by Crippen LogP contribution is -2.33. The van der Waals surface area contributed by atoms with Crippen molar-refractivity contribution in [2.24, 2.45) is 0 Å². The summed E-state index contributed by atoms with van der Waals surface area (Å²) in [5, 5.41) is 2.74. The fraction of sp³-hybridized carbons (Fsp3) is 0.250. The smallest absolute Gasteiger partial charge is 0.252 e. The SMILES string of the molecule is C#CC(CC)NC(=O)c1ccc(N)c(Br)c1. The predicted octanol–water partition coefficient (Wildman–Crippen LogP) is 2.17. The Morgan fingerprint density at radius 2 is 2.38 bits per heavy atom. The van der Waals surface area contributed by atoms with Crippen LogP contribution in [-0.2, 0) is 0 Å². The first-order chi connectivity index (χ1) is 7.58. The molecular weight excluding hydrogens is 268 g/mol. The van der Waals surface area contributed by atoms with Gasteiger partial charge in [-0.2, -0.15) is 0 Å². The monoisotopic (exact) mass is 280 g/mol. The molecule has 16 heavy (non-hydrogen) atoms. The van der Waals surface area contributed by atoms with Gasteiger partial charge in [-0.25, -0.2) is 0 Å². The zero-order valence-corrected chi connectivity index (χ0v) is 10.5. The first-order valence-corrected chi connectivity index (χ1v) is 5.69. The highest BCUT2D eigenvalue weighted by Gasteiger charge is 2.10. The minimum absolute atomic E-state index is 0.189. The van der Waals surface area contributed by atoms with Crippen LogP contribution in [0.1, 0.15) is 23.7 Å². The average molecular weight is 281 g/mol. The third-order valence-electron chi connectivity index (χ3n) is 2.18. The minimum Gasteiger partial charge on any atom is -0.398 e. The van der Waals surface area contributed by atoms with Gasteiger partial charge in [-0.15, -0.1) is 6.42 Å². The lowest BCUT2D eigenvalue weighted by atomic mass is 10.1. The minimum atomic E-state index is -0.233. The number of benzene rings is 1. The topological polar surface area (TPSA) is 55.1 Å². The van der Waals surface area contributed by atoms with Crippen molar-refractivity contribution in [3.63, 3.8) is 0 Å². The molecule has 0 aliphatic carbocycles. The van der Waals surface area contributed by atoms with Crippen molar-refractivity contribution in [1.82, 2.24) is 5.32 Å². The molecule has 0 radical (unpaired) electrons. The number of hydrogen-bond acceptors (Lipinski definition) is 2. The van der Waals surface area contributed by atoms with Crippen LogP contribution >= 0.6 is 15.9 Å². The summed E-state index contributed by atoms with van der Waals surface area (Å²) in [4.78, 5) is 11.8. The maximum atomic E-state index is 11.8. The van der Waals surface area contributed by atoms with E-state index in [0.717, 1.165) is 0 Å². The van der Waals surface area contributed by atoms with Crippen LogP contribution in [-0.4, -0.2) is 11.9 Å². The van der Waals surface area contributed by atoms with Gasteiger partial charge in [0.25, 0.3) is 5.91 Å². The Bertz CT molecular complexity index is 437. The van der Waals surface area contributed by atoms with Crippen molar-refractivity contribution in [2.45, 2.75) is 19.4 Å². The summed E-state index contributed by atoms with van der Waals surface area (Å²) in [7, 11) is 0. The van der Waals surface area contributed by atoms with Crippen LogP contribution in [0.3, 0.4) is 0 Å². The largest absolute Gasteiger partial charge is 0.398 e. The van der Waals surface area contributed by atoms with E-state index in [2.05, 4.69) is 27.2 Å². The van der Waals surface area contributed by atoms with Crippen molar-refractivity contribution in [2.75, 3.05) is 5.73 Å². The van der Waals surface area contributed by atoms with Gasteiger partial charge in [-0.05, 0) is 40.5 Å². The van der Waals surface area contributed by atoms with Crippen LogP contribution in [0.4, 0.5) is 5.69 Å². The maximum Gasteiger partial charge on any atom is 0.252 e. The van der Waals surface area contributed by atoms with E-state index in [1.807, 2.05) is 6.92 Å². The van der Waals surface area contributed by atoms with Gasteiger partial charge in [-0.3, -0.25) is 4.79 Å². The molecule has 84 valence electrons. The van der Waals surface area contributed by atoms with Crippen molar-refractivity contribution in [3.05, 3.63) is 28.2 Å². The molecule has 3 N–H and O–H groups in total. The molecule has 1 rings (SSSR count). The Balaban J connectivity index is 2.81. The average Bonchev–Trinajstić information content (AvgIpc) is 2.29.